The van der Waals surface area contributed by atoms with Crippen molar-refractivity contribution in [3.63, 3.8) is 0 Å². The fraction of sp³-hybridized carbons (Fsp3) is 0.333. The predicted molar refractivity (Wildman–Crippen MR) is 62.0 cm³/mol. The van der Waals surface area contributed by atoms with Crippen LogP contribution in [0.25, 0.3) is 10.9 Å². The molecule has 0 saturated heterocycles. The molecule has 0 amide bonds. The molecule has 0 unspecified atom stereocenters. The second-order valence-electron chi connectivity index (χ2n) is 3.66. The van der Waals surface area contributed by atoms with E-state index in [9.17, 15) is 4.39 Å². The molecule has 1 nitrogen and oxygen atoms in total. The van der Waals surface area contributed by atoms with Crippen molar-refractivity contribution in [3.05, 3.63) is 35.8 Å². The fourth-order valence-electron chi connectivity index (χ4n) is 1.92. The molecule has 0 N–H and O–H groups in total. The monoisotopic (exact) mass is 225 g/mol. The zero-order chi connectivity index (χ0) is 10.8. The number of hydrogen-bond acceptors (Lipinski definition) is 0. The first-order valence-electron chi connectivity index (χ1n) is 5.04. The van der Waals surface area contributed by atoms with Gasteiger partial charge in [0, 0.05) is 23.5 Å². The minimum atomic E-state index is -0.157. The molecule has 0 aliphatic rings. The Hall–Kier alpha value is -1.02. The first-order valence-corrected chi connectivity index (χ1v) is 5.58. The standard InChI is InChI=1S/C12H13ClFN/c1-9-8-10-4-2-5-11(14)12(10)15(9)7-3-6-13/h2,4-5,8H,3,6-7H2,1H3. The number of rotatable bonds is 3. The number of para-hydroxylation sites is 1. The average molecular weight is 226 g/mol. The highest BCUT2D eigenvalue weighted by molar-refractivity contribution is 6.17. The minimum Gasteiger partial charge on any atom is -0.342 e. The molecular formula is C12H13ClFN. The molecule has 0 saturated carbocycles. The Labute approximate surface area is 93.5 Å². The van der Waals surface area contributed by atoms with Crippen LogP contribution in [-0.4, -0.2) is 10.4 Å². The third-order valence-electron chi connectivity index (χ3n) is 2.59. The van der Waals surface area contributed by atoms with Gasteiger partial charge in [-0.3, -0.25) is 0 Å². The van der Waals surface area contributed by atoms with Gasteiger partial charge in [-0.05, 0) is 25.5 Å². The largest absolute Gasteiger partial charge is 0.342 e. The van der Waals surface area contributed by atoms with Gasteiger partial charge in [0.15, 0.2) is 0 Å². The molecule has 2 rings (SSSR count). The first-order chi connectivity index (χ1) is 7.24. The van der Waals surface area contributed by atoms with Gasteiger partial charge in [-0.2, -0.15) is 0 Å². The zero-order valence-corrected chi connectivity index (χ0v) is 9.39. The van der Waals surface area contributed by atoms with Crippen LogP contribution in [0.15, 0.2) is 24.3 Å². The quantitative estimate of drug-likeness (QED) is 0.702. The lowest BCUT2D eigenvalue weighted by Gasteiger charge is -2.07. The van der Waals surface area contributed by atoms with Crippen LogP contribution in [0.3, 0.4) is 0 Å². The summed E-state index contributed by atoms with van der Waals surface area (Å²) in [7, 11) is 0. The van der Waals surface area contributed by atoms with E-state index in [1.165, 1.54) is 6.07 Å². The smallest absolute Gasteiger partial charge is 0.147 e. The van der Waals surface area contributed by atoms with Crippen molar-refractivity contribution in [1.82, 2.24) is 4.57 Å². The van der Waals surface area contributed by atoms with Crippen LogP contribution in [0.2, 0.25) is 0 Å². The maximum atomic E-state index is 13.6. The summed E-state index contributed by atoms with van der Waals surface area (Å²) in [6, 6.07) is 7.18. The molecule has 0 bridgehead atoms. The highest BCUT2D eigenvalue weighted by atomic mass is 35.5. The molecule has 80 valence electrons. The van der Waals surface area contributed by atoms with Gasteiger partial charge in [0.2, 0.25) is 0 Å². The fourth-order valence-corrected chi connectivity index (χ4v) is 2.04. The van der Waals surface area contributed by atoms with Gasteiger partial charge in [0.1, 0.15) is 5.82 Å². The molecule has 0 radical (unpaired) electrons. The van der Waals surface area contributed by atoms with E-state index in [2.05, 4.69) is 0 Å². The van der Waals surface area contributed by atoms with E-state index in [0.717, 1.165) is 24.0 Å². The highest BCUT2D eigenvalue weighted by Crippen LogP contribution is 2.22. The van der Waals surface area contributed by atoms with Crippen LogP contribution in [0.5, 0.6) is 0 Å². The number of alkyl halides is 1. The normalized spacial score (nSPS) is 11.1. The second-order valence-corrected chi connectivity index (χ2v) is 4.04. The summed E-state index contributed by atoms with van der Waals surface area (Å²) in [6.07, 6.45) is 0.862. The molecule has 0 aliphatic heterocycles. The number of hydrogen-bond donors (Lipinski definition) is 0. The molecule has 3 heteroatoms. The van der Waals surface area contributed by atoms with Crippen LogP contribution >= 0.6 is 11.6 Å². The molecule has 0 spiro atoms. The molecule has 2 aromatic rings. The SMILES string of the molecule is Cc1cc2cccc(F)c2n1CCCCl. The Bertz CT molecular complexity index is 476. The minimum absolute atomic E-state index is 0.157. The molecular weight excluding hydrogens is 213 g/mol. The van der Waals surface area contributed by atoms with E-state index in [1.54, 1.807) is 6.07 Å². The van der Waals surface area contributed by atoms with Crippen molar-refractivity contribution in [2.24, 2.45) is 0 Å². The predicted octanol–water partition coefficient (Wildman–Crippen LogP) is 3.72. The van der Waals surface area contributed by atoms with E-state index in [1.807, 2.05) is 23.6 Å². The molecule has 15 heavy (non-hydrogen) atoms. The van der Waals surface area contributed by atoms with Crippen LogP contribution < -0.4 is 0 Å². The first kappa shape index (κ1) is 10.5. The van der Waals surface area contributed by atoms with Gasteiger partial charge in [0.25, 0.3) is 0 Å². The van der Waals surface area contributed by atoms with E-state index in [0.29, 0.717) is 11.4 Å². The molecule has 0 atom stereocenters. The van der Waals surface area contributed by atoms with Crippen molar-refractivity contribution < 1.29 is 4.39 Å². The van der Waals surface area contributed by atoms with Crippen molar-refractivity contribution in [2.45, 2.75) is 19.9 Å². The number of benzene rings is 1. The van der Waals surface area contributed by atoms with Gasteiger partial charge >= 0.3 is 0 Å². The maximum absolute atomic E-state index is 13.6. The van der Waals surface area contributed by atoms with Gasteiger partial charge in [0.05, 0.1) is 5.52 Å². The number of aryl methyl sites for hydroxylation is 2. The van der Waals surface area contributed by atoms with Gasteiger partial charge < -0.3 is 4.57 Å². The van der Waals surface area contributed by atoms with E-state index >= 15 is 0 Å². The number of nitrogens with zero attached hydrogens (tertiary/aromatic N) is 1. The molecule has 1 aromatic carbocycles. The maximum Gasteiger partial charge on any atom is 0.147 e. The Kier molecular flexibility index (Phi) is 2.96. The van der Waals surface area contributed by atoms with Crippen molar-refractivity contribution in [1.29, 1.82) is 0 Å². The van der Waals surface area contributed by atoms with Crippen molar-refractivity contribution >= 4 is 22.5 Å². The van der Waals surface area contributed by atoms with Crippen LogP contribution in [-0.2, 0) is 6.54 Å². The Morgan fingerprint density at radius 3 is 2.93 bits per heavy atom. The number of halogens is 2. The Balaban J connectivity index is 2.55. The lowest BCUT2D eigenvalue weighted by molar-refractivity contribution is 0.615. The van der Waals surface area contributed by atoms with Crippen molar-refractivity contribution in [3.8, 4) is 0 Å². The summed E-state index contributed by atoms with van der Waals surface area (Å²) < 4.78 is 15.6. The van der Waals surface area contributed by atoms with E-state index < -0.39 is 0 Å². The van der Waals surface area contributed by atoms with Gasteiger partial charge in [-0.15, -0.1) is 11.6 Å². The third kappa shape index (κ3) is 1.86. The summed E-state index contributed by atoms with van der Waals surface area (Å²) in [6.45, 7) is 2.77. The number of fused-ring (bicyclic) bond motifs is 1. The summed E-state index contributed by atoms with van der Waals surface area (Å²) >= 11 is 5.65. The second kappa shape index (κ2) is 4.23. The van der Waals surface area contributed by atoms with Crippen molar-refractivity contribution in [2.75, 3.05) is 5.88 Å². The topological polar surface area (TPSA) is 4.93 Å². The average Bonchev–Trinajstić information content (AvgIpc) is 2.53. The third-order valence-corrected chi connectivity index (χ3v) is 2.86. The lowest BCUT2D eigenvalue weighted by Crippen LogP contribution is -2.01. The van der Waals surface area contributed by atoms with Crippen LogP contribution in [0.4, 0.5) is 4.39 Å². The zero-order valence-electron chi connectivity index (χ0n) is 8.63. The molecule has 0 aliphatic carbocycles. The lowest BCUT2D eigenvalue weighted by atomic mass is 10.2. The number of aromatic nitrogens is 1. The Morgan fingerprint density at radius 1 is 1.40 bits per heavy atom. The summed E-state index contributed by atoms with van der Waals surface area (Å²) in [5.74, 6) is 0.447. The summed E-state index contributed by atoms with van der Waals surface area (Å²) in [4.78, 5) is 0. The molecule has 1 heterocycles. The van der Waals surface area contributed by atoms with Crippen LogP contribution in [0, 0.1) is 12.7 Å². The molecule has 1 aromatic heterocycles. The summed E-state index contributed by atoms with van der Waals surface area (Å²) in [5, 5.41) is 0.960. The Morgan fingerprint density at radius 2 is 2.20 bits per heavy atom. The van der Waals surface area contributed by atoms with E-state index in [4.69, 9.17) is 11.6 Å². The molecule has 0 fully saturated rings. The highest BCUT2D eigenvalue weighted by Gasteiger charge is 2.08. The van der Waals surface area contributed by atoms with Gasteiger partial charge in [-0.1, -0.05) is 12.1 Å². The summed E-state index contributed by atoms with van der Waals surface area (Å²) in [5.41, 5.74) is 1.78. The van der Waals surface area contributed by atoms with Crippen LogP contribution in [0.1, 0.15) is 12.1 Å². The van der Waals surface area contributed by atoms with E-state index in [-0.39, 0.29) is 5.82 Å². The van der Waals surface area contributed by atoms with Gasteiger partial charge in [-0.25, -0.2) is 4.39 Å².